The molecule has 3 rings (SSSR count). The number of anilines is 1. The van der Waals surface area contributed by atoms with Crippen LogP contribution >= 0.6 is 24.8 Å². The lowest BCUT2D eigenvalue weighted by Crippen LogP contribution is -2.48. The predicted octanol–water partition coefficient (Wildman–Crippen LogP) is 0.870. The normalized spacial score (nSPS) is 17.4. The molecule has 0 atom stereocenters. The molecule has 0 aliphatic carbocycles. The van der Waals surface area contributed by atoms with Crippen LogP contribution in [0.1, 0.15) is 23.3 Å². The van der Waals surface area contributed by atoms with Crippen LogP contribution in [0.5, 0.6) is 0 Å². The molecule has 0 aromatic carbocycles. The van der Waals surface area contributed by atoms with Crippen LogP contribution in [0.25, 0.3) is 0 Å². The molecule has 2 N–H and O–H groups in total. The number of carbonyl (C=O) groups excluding carboxylic acids is 1. The zero-order valence-corrected chi connectivity index (χ0v) is 13.4. The first-order valence-corrected chi connectivity index (χ1v) is 6.90. The van der Waals surface area contributed by atoms with Gasteiger partial charge in [-0.1, -0.05) is 0 Å². The van der Waals surface area contributed by atoms with Gasteiger partial charge in [0.25, 0.3) is 5.91 Å². The highest BCUT2D eigenvalue weighted by Crippen LogP contribution is 2.15. The third-order valence-electron chi connectivity index (χ3n) is 3.68. The summed E-state index contributed by atoms with van der Waals surface area (Å²) >= 11 is 0. The number of hydrogen-bond donors (Lipinski definition) is 2. The van der Waals surface area contributed by atoms with Crippen molar-refractivity contribution in [1.29, 1.82) is 0 Å². The van der Waals surface area contributed by atoms with Crippen LogP contribution in [0.3, 0.4) is 0 Å². The fourth-order valence-corrected chi connectivity index (χ4v) is 2.36. The van der Waals surface area contributed by atoms with Crippen molar-refractivity contribution in [2.45, 2.75) is 12.8 Å². The molecule has 2 fully saturated rings. The largest absolute Gasteiger partial charge is 0.350 e. The van der Waals surface area contributed by atoms with Gasteiger partial charge in [0.2, 0.25) is 5.95 Å². The van der Waals surface area contributed by atoms with Crippen molar-refractivity contribution in [2.24, 2.45) is 5.92 Å². The van der Waals surface area contributed by atoms with E-state index in [9.17, 15) is 4.79 Å². The Hall–Kier alpha value is -1.11. The first kappa shape index (κ1) is 17.9. The molecule has 0 unspecified atom stereocenters. The standard InChI is InChI=1S/C13H19N5O.2ClH/c19-12(16-9-10-7-14-8-10)11-3-4-15-13(17-11)18-5-1-2-6-18;;/h3-4,10,14H,1-2,5-9H2,(H,16,19);2*1H. The predicted molar refractivity (Wildman–Crippen MR) is 86.7 cm³/mol. The van der Waals surface area contributed by atoms with E-state index in [1.165, 1.54) is 12.8 Å². The summed E-state index contributed by atoms with van der Waals surface area (Å²) in [6, 6.07) is 1.67. The third kappa shape index (κ3) is 4.43. The second-order valence-corrected chi connectivity index (χ2v) is 5.17. The Labute approximate surface area is 136 Å². The lowest BCUT2D eigenvalue weighted by molar-refractivity contribution is 0.0937. The van der Waals surface area contributed by atoms with Crippen LogP contribution in [-0.4, -0.2) is 48.6 Å². The van der Waals surface area contributed by atoms with Crippen molar-refractivity contribution in [2.75, 3.05) is 37.6 Å². The van der Waals surface area contributed by atoms with Gasteiger partial charge in [0.15, 0.2) is 0 Å². The molecule has 2 aliphatic heterocycles. The molecule has 1 aromatic rings. The second-order valence-electron chi connectivity index (χ2n) is 5.17. The molecule has 0 saturated carbocycles. The van der Waals surface area contributed by atoms with E-state index in [1.807, 2.05) is 0 Å². The highest BCUT2D eigenvalue weighted by atomic mass is 35.5. The molecule has 2 aliphatic rings. The Morgan fingerprint density at radius 1 is 1.33 bits per heavy atom. The van der Waals surface area contributed by atoms with Crippen molar-refractivity contribution in [3.05, 3.63) is 18.0 Å². The van der Waals surface area contributed by atoms with Crippen molar-refractivity contribution in [1.82, 2.24) is 20.6 Å². The van der Waals surface area contributed by atoms with E-state index in [0.717, 1.165) is 32.7 Å². The quantitative estimate of drug-likeness (QED) is 0.855. The molecule has 3 heterocycles. The van der Waals surface area contributed by atoms with Crippen molar-refractivity contribution in [3.63, 3.8) is 0 Å². The third-order valence-corrected chi connectivity index (χ3v) is 3.68. The van der Waals surface area contributed by atoms with Gasteiger partial charge in [-0.25, -0.2) is 9.97 Å². The van der Waals surface area contributed by atoms with Crippen molar-refractivity contribution in [3.8, 4) is 0 Å². The van der Waals surface area contributed by atoms with Gasteiger partial charge >= 0.3 is 0 Å². The Kier molecular flexibility index (Phi) is 7.14. The molecule has 0 spiro atoms. The summed E-state index contributed by atoms with van der Waals surface area (Å²) in [5.41, 5.74) is 0.462. The summed E-state index contributed by atoms with van der Waals surface area (Å²) in [5, 5.41) is 6.12. The molecule has 0 bridgehead atoms. The van der Waals surface area contributed by atoms with E-state index in [-0.39, 0.29) is 30.7 Å². The van der Waals surface area contributed by atoms with Gasteiger partial charge in [0.05, 0.1) is 0 Å². The minimum atomic E-state index is -0.102. The molecular formula is C13H21Cl2N5O. The maximum absolute atomic E-state index is 12.0. The first-order valence-electron chi connectivity index (χ1n) is 6.90. The lowest BCUT2D eigenvalue weighted by atomic mass is 10.0. The van der Waals surface area contributed by atoms with Gasteiger partial charge in [0.1, 0.15) is 5.69 Å². The Balaban J connectivity index is 0.00000110. The molecule has 2 saturated heterocycles. The topological polar surface area (TPSA) is 70.2 Å². The van der Waals surface area contributed by atoms with Crippen molar-refractivity contribution < 1.29 is 4.79 Å². The van der Waals surface area contributed by atoms with Gasteiger partial charge in [-0.05, 0) is 18.9 Å². The highest BCUT2D eigenvalue weighted by molar-refractivity contribution is 5.92. The average molecular weight is 334 g/mol. The first-order chi connectivity index (χ1) is 9.33. The Bertz CT molecular complexity index is 464. The van der Waals surface area contributed by atoms with E-state index in [2.05, 4.69) is 25.5 Å². The van der Waals surface area contributed by atoms with Crippen LogP contribution in [0.4, 0.5) is 5.95 Å². The maximum atomic E-state index is 12.0. The zero-order chi connectivity index (χ0) is 13.1. The molecule has 6 nitrogen and oxygen atoms in total. The molecule has 8 heteroatoms. The zero-order valence-electron chi connectivity index (χ0n) is 11.7. The molecule has 1 aromatic heterocycles. The average Bonchev–Trinajstić information content (AvgIpc) is 2.91. The van der Waals surface area contributed by atoms with Gasteiger partial charge < -0.3 is 15.5 Å². The monoisotopic (exact) mass is 333 g/mol. The number of halogens is 2. The number of carbonyl (C=O) groups is 1. The Morgan fingerprint density at radius 3 is 2.67 bits per heavy atom. The molecule has 118 valence electrons. The molecular weight excluding hydrogens is 313 g/mol. The fraction of sp³-hybridized carbons (Fsp3) is 0.615. The summed E-state index contributed by atoms with van der Waals surface area (Å²) in [5.74, 6) is 1.13. The van der Waals surface area contributed by atoms with E-state index in [4.69, 9.17) is 0 Å². The van der Waals surface area contributed by atoms with Gasteiger partial charge in [0, 0.05) is 44.8 Å². The summed E-state index contributed by atoms with van der Waals surface area (Å²) in [7, 11) is 0. The van der Waals surface area contributed by atoms with Gasteiger partial charge in [-0.15, -0.1) is 24.8 Å². The van der Waals surface area contributed by atoms with Crippen LogP contribution in [-0.2, 0) is 0 Å². The summed E-state index contributed by atoms with van der Waals surface area (Å²) < 4.78 is 0. The minimum Gasteiger partial charge on any atom is -0.350 e. The second kappa shape index (κ2) is 8.36. The van der Waals surface area contributed by atoms with Crippen LogP contribution < -0.4 is 15.5 Å². The number of rotatable bonds is 4. The summed E-state index contributed by atoms with van der Waals surface area (Å²) in [6.45, 7) is 4.67. The molecule has 21 heavy (non-hydrogen) atoms. The van der Waals surface area contributed by atoms with Gasteiger partial charge in [-0.3, -0.25) is 4.79 Å². The number of aromatic nitrogens is 2. The van der Waals surface area contributed by atoms with Crippen LogP contribution in [0.2, 0.25) is 0 Å². The Morgan fingerprint density at radius 2 is 2.05 bits per heavy atom. The SMILES string of the molecule is Cl.Cl.O=C(NCC1CNC1)c1ccnc(N2CCCC2)n1. The summed E-state index contributed by atoms with van der Waals surface area (Å²) in [6.07, 6.45) is 4.02. The van der Waals surface area contributed by atoms with E-state index >= 15 is 0 Å². The van der Waals surface area contributed by atoms with Gasteiger partial charge in [-0.2, -0.15) is 0 Å². The van der Waals surface area contributed by atoms with E-state index < -0.39 is 0 Å². The number of amides is 1. The number of nitrogens with zero attached hydrogens (tertiary/aromatic N) is 3. The fourth-order valence-electron chi connectivity index (χ4n) is 2.36. The minimum absolute atomic E-state index is 0. The van der Waals surface area contributed by atoms with Crippen LogP contribution in [0.15, 0.2) is 12.3 Å². The van der Waals surface area contributed by atoms with E-state index in [0.29, 0.717) is 17.6 Å². The van der Waals surface area contributed by atoms with Crippen molar-refractivity contribution >= 4 is 36.7 Å². The number of nitrogens with one attached hydrogen (secondary N) is 2. The lowest BCUT2D eigenvalue weighted by Gasteiger charge is -2.27. The molecule has 1 amide bonds. The highest BCUT2D eigenvalue weighted by Gasteiger charge is 2.19. The van der Waals surface area contributed by atoms with Crippen LogP contribution in [0, 0.1) is 5.92 Å². The van der Waals surface area contributed by atoms with E-state index in [1.54, 1.807) is 12.3 Å². The maximum Gasteiger partial charge on any atom is 0.270 e. The number of hydrogen-bond acceptors (Lipinski definition) is 5. The smallest absolute Gasteiger partial charge is 0.270 e. The molecule has 0 radical (unpaired) electrons. The summed E-state index contributed by atoms with van der Waals surface area (Å²) in [4.78, 5) is 22.8.